The number of anilines is 1. The molecule has 2 amide bonds. The van der Waals surface area contributed by atoms with Crippen LogP contribution in [0.25, 0.3) is 0 Å². The van der Waals surface area contributed by atoms with E-state index < -0.39 is 21.8 Å². The fourth-order valence-corrected chi connectivity index (χ4v) is 5.28. The Balaban J connectivity index is 1.47. The number of hydrogen-bond donors (Lipinski definition) is 2. The van der Waals surface area contributed by atoms with Crippen molar-refractivity contribution in [3.63, 3.8) is 0 Å². The number of nitrogens with one attached hydrogen (secondary N) is 2. The number of hydrazone groups is 1. The summed E-state index contributed by atoms with van der Waals surface area (Å²) in [5.41, 5.74) is 4.15. The summed E-state index contributed by atoms with van der Waals surface area (Å²) < 4.78 is 34.1. The maximum absolute atomic E-state index is 13.6. The fraction of sp³-hybridized carbons (Fsp3) is 0.107. The van der Waals surface area contributed by atoms with Crippen molar-refractivity contribution in [1.29, 1.82) is 0 Å². The minimum atomic E-state index is -3.93. The Morgan fingerprint density at radius 3 is 2.33 bits per heavy atom. The zero-order chi connectivity index (χ0) is 28.7. The number of aryl methyl sites for hydroxylation is 1. The highest BCUT2D eigenvalue weighted by atomic mass is 35.5. The van der Waals surface area contributed by atoms with Crippen molar-refractivity contribution in [3.8, 4) is 0 Å². The van der Waals surface area contributed by atoms with Crippen LogP contribution in [-0.4, -0.2) is 30.8 Å². The third-order valence-electron chi connectivity index (χ3n) is 5.61. The molecule has 1 aromatic heterocycles. The zero-order valence-corrected chi connectivity index (χ0v) is 23.5. The standard InChI is InChI=1S/C28H24Cl2N4O5S/c1-19-7-12-24(13-8-19)40(37,38)34(17-20-9-14-25(29)26(30)15-20)18-23-11-10-22(39-23)16-31-33-28(36)27(35)32-21-5-3-2-4-6-21/h2-16H,17-18H2,1H3,(H,32,35)(H,33,36)/b31-16+. The van der Waals surface area contributed by atoms with Crippen molar-refractivity contribution in [2.45, 2.75) is 24.9 Å². The molecule has 40 heavy (non-hydrogen) atoms. The molecule has 0 fully saturated rings. The number of halogens is 2. The van der Waals surface area contributed by atoms with E-state index in [-0.39, 0.29) is 23.7 Å². The van der Waals surface area contributed by atoms with E-state index in [2.05, 4.69) is 15.8 Å². The van der Waals surface area contributed by atoms with Gasteiger partial charge >= 0.3 is 11.8 Å². The van der Waals surface area contributed by atoms with Crippen LogP contribution in [0.4, 0.5) is 5.69 Å². The molecule has 0 saturated heterocycles. The maximum atomic E-state index is 13.6. The number of carbonyl (C=O) groups excluding carboxylic acids is 2. The summed E-state index contributed by atoms with van der Waals surface area (Å²) in [4.78, 5) is 24.1. The zero-order valence-electron chi connectivity index (χ0n) is 21.2. The van der Waals surface area contributed by atoms with Crippen molar-refractivity contribution < 1.29 is 22.4 Å². The molecule has 2 N–H and O–H groups in total. The first-order valence-corrected chi connectivity index (χ1v) is 14.1. The summed E-state index contributed by atoms with van der Waals surface area (Å²) in [5.74, 6) is -1.29. The first-order valence-electron chi connectivity index (χ1n) is 11.9. The van der Waals surface area contributed by atoms with Crippen LogP contribution in [0.3, 0.4) is 0 Å². The largest absolute Gasteiger partial charge is 0.459 e. The van der Waals surface area contributed by atoms with E-state index in [1.165, 1.54) is 10.5 Å². The van der Waals surface area contributed by atoms with Gasteiger partial charge in [-0.25, -0.2) is 13.8 Å². The van der Waals surface area contributed by atoms with E-state index in [0.29, 0.717) is 27.1 Å². The van der Waals surface area contributed by atoms with Gasteiger partial charge in [0, 0.05) is 12.2 Å². The Bertz CT molecular complexity index is 1640. The van der Waals surface area contributed by atoms with Gasteiger partial charge in [-0.15, -0.1) is 0 Å². The summed E-state index contributed by atoms with van der Waals surface area (Å²) in [5, 5.41) is 6.86. The van der Waals surface area contributed by atoms with E-state index in [4.69, 9.17) is 27.6 Å². The van der Waals surface area contributed by atoms with Gasteiger partial charge in [0.25, 0.3) is 0 Å². The average molecular weight is 599 g/mol. The number of para-hydroxylation sites is 1. The summed E-state index contributed by atoms with van der Waals surface area (Å²) in [6.45, 7) is 1.77. The van der Waals surface area contributed by atoms with Crippen molar-refractivity contribution in [3.05, 3.63) is 118 Å². The molecule has 0 radical (unpaired) electrons. The average Bonchev–Trinajstić information content (AvgIpc) is 3.38. The Kier molecular flexibility index (Phi) is 9.38. The molecule has 0 aliphatic heterocycles. The number of furan rings is 1. The minimum Gasteiger partial charge on any atom is -0.459 e. The van der Waals surface area contributed by atoms with Gasteiger partial charge in [0.1, 0.15) is 11.5 Å². The molecule has 9 nitrogen and oxygen atoms in total. The first-order chi connectivity index (χ1) is 19.1. The molecule has 206 valence electrons. The molecule has 4 rings (SSSR count). The number of amides is 2. The van der Waals surface area contributed by atoms with E-state index in [1.807, 2.05) is 6.92 Å². The highest BCUT2D eigenvalue weighted by Gasteiger charge is 2.26. The summed E-state index contributed by atoms with van der Waals surface area (Å²) in [6, 6.07) is 23.1. The van der Waals surface area contributed by atoms with Crippen molar-refractivity contribution in [2.24, 2.45) is 5.10 Å². The van der Waals surface area contributed by atoms with E-state index >= 15 is 0 Å². The Labute approximate surface area is 241 Å². The second-order valence-corrected chi connectivity index (χ2v) is 11.4. The lowest BCUT2D eigenvalue weighted by atomic mass is 10.2. The second kappa shape index (κ2) is 12.9. The van der Waals surface area contributed by atoms with Gasteiger partial charge in [-0.05, 0) is 61.0 Å². The number of rotatable bonds is 9. The predicted molar refractivity (Wildman–Crippen MR) is 154 cm³/mol. The van der Waals surface area contributed by atoms with Gasteiger partial charge in [-0.2, -0.15) is 9.41 Å². The van der Waals surface area contributed by atoms with Crippen LogP contribution in [0, 0.1) is 6.92 Å². The number of benzene rings is 3. The lowest BCUT2D eigenvalue weighted by Gasteiger charge is -2.22. The highest BCUT2D eigenvalue weighted by molar-refractivity contribution is 7.89. The molecule has 1 heterocycles. The predicted octanol–water partition coefficient (Wildman–Crippen LogP) is 5.37. The number of carbonyl (C=O) groups is 2. The maximum Gasteiger partial charge on any atom is 0.329 e. The molecular formula is C28H24Cl2N4O5S. The van der Waals surface area contributed by atoms with Gasteiger partial charge in [0.2, 0.25) is 10.0 Å². The van der Waals surface area contributed by atoms with Gasteiger partial charge in [-0.3, -0.25) is 9.59 Å². The molecule has 0 bridgehead atoms. The van der Waals surface area contributed by atoms with E-state index in [9.17, 15) is 18.0 Å². The second-order valence-electron chi connectivity index (χ2n) is 8.66. The minimum absolute atomic E-state index is 0.00377. The summed E-state index contributed by atoms with van der Waals surface area (Å²) >= 11 is 12.2. The molecule has 12 heteroatoms. The van der Waals surface area contributed by atoms with E-state index in [0.717, 1.165) is 5.56 Å². The van der Waals surface area contributed by atoms with Crippen LogP contribution >= 0.6 is 23.2 Å². The fourth-order valence-electron chi connectivity index (χ4n) is 3.56. The molecule has 0 aliphatic carbocycles. The Hall–Kier alpha value is -3.96. The van der Waals surface area contributed by atoms with Gasteiger partial charge in [-0.1, -0.05) is 65.2 Å². The number of hydrogen-bond acceptors (Lipinski definition) is 6. The molecule has 0 atom stereocenters. The lowest BCUT2D eigenvalue weighted by Crippen LogP contribution is -2.32. The van der Waals surface area contributed by atoms with Crippen LogP contribution in [0.1, 0.15) is 22.6 Å². The van der Waals surface area contributed by atoms with Crippen LogP contribution in [-0.2, 0) is 32.7 Å². The molecule has 0 aliphatic rings. The quantitative estimate of drug-likeness (QED) is 0.152. The summed E-state index contributed by atoms with van der Waals surface area (Å²) in [6.07, 6.45) is 1.20. The number of sulfonamides is 1. The SMILES string of the molecule is Cc1ccc(S(=O)(=O)N(Cc2ccc(Cl)c(Cl)c2)Cc2ccc(/C=N/NC(=O)C(=O)Nc3ccccc3)o2)cc1. The monoisotopic (exact) mass is 598 g/mol. The first kappa shape index (κ1) is 29.0. The van der Waals surface area contributed by atoms with Crippen LogP contribution < -0.4 is 10.7 Å². The normalized spacial score (nSPS) is 11.6. The molecule has 0 spiro atoms. The number of nitrogens with zero attached hydrogens (tertiary/aromatic N) is 2. The molecule has 0 unspecified atom stereocenters. The van der Waals surface area contributed by atoms with Crippen molar-refractivity contribution in [1.82, 2.24) is 9.73 Å². The molecule has 0 saturated carbocycles. The van der Waals surface area contributed by atoms with Crippen LogP contribution in [0.5, 0.6) is 0 Å². The van der Waals surface area contributed by atoms with Crippen LogP contribution in [0.15, 0.2) is 99.3 Å². The lowest BCUT2D eigenvalue weighted by molar-refractivity contribution is -0.136. The molecule has 4 aromatic rings. The molecule has 3 aromatic carbocycles. The Morgan fingerprint density at radius 1 is 0.900 bits per heavy atom. The topological polar surface area (TPSA) is 121 Å². The third-order valence-corrected chi connectivity index (χ3v) is 8.16. The van der Waals surface area contributed by atoms with Crippen LogP contribution in [0.2, 0.25) is 10.0 Å². The van der Waals surface area contributed by atoms with Gasteiger partial charge in [0.05, 0.1) is 27.7 Å². The van der Waals surface area contributed by atoms with E-state index in [1.54, 1.807) is 84.9 Å². The smallest absolute Gasteiger partial charge is 0.329 e. The third kappa shape index (κ3) is 7.57. The van der Waals surface area contributed by atoms with Gasteiger partial charge < -0.3 is 9.73 Å². The van der Waals surface area contributed by atoms with Crippen molar-refractivity contribution >= 4 is 56.9 Å². The van der Waals surface area contributed by atoms with Crippen molar-refractivity contribution in [2.75, 3.05) is 5.32 Å². The molecular weight excluding hydrogens is 575 g/mol. The van der Waals surface area contributed by atoms with Gasteiger partial charge in [0.15, 0.2) is 0 Å². The Morgan fingerprint density at radius 2 is 1.62 bits per heavy atom. The highest BCUT2D eigenvalue weighted by Crippen LogP contribution is 2.26. The summed E-state index contributed by atoms with van der Waals surface area (Å²) in [7, 11) is -3.93.